The van der Waals surface area contributed by atoms with E-state index in [0.717, 1.165) is 12.1 Å². The molecule has 0 radical (unpaired) electrons. The zero-order valence-corrected chi connectivity index (χ0v) is 17.1. The van der Waals surface area contributed by atoms with E-state index in [0.29, 0.717) is 18.6 Å². The molecule has 0 spiro atoms. The summed E-state index contributed by atoms with van der Waals surface area (Å²) in [5.41, 5.74) is -5.57. The molecule has 172 valence electrons. The van der Waals surface area contributed by atoms with Gasteiger partial charge in [0.2, 0.25) is 0 Å². The van der Waals surface area contributed by atoms with Gasteiger partial charge < -0.3 is 9.84 Å². The summed E-state index contributed by atoms with van der Waals surface area (Å²) in [6.45, 7) is 0.858. The average Bonchev–Trinajstić information content (AvgIpc) is 2.64. The van der Waals surface area contributed by atoms with Crippen molar-refractivity contribution in [3.05, 3.63) is 35.4 Å². The van der Waals surface area contributed by atoms with Gasteiger partial charge in [-0.25, -0.2) is 8.42 Å². The van der Waals surface area contributed by atoms with Crippen LogP contribution in [0.1, 0.15) is 56.6 Å². The number of aliphatic hydroxyl groups excluding tert-OH is 1. The molecule has 11 heteroatoms. The normalized spacial score (nSPS) is 23.7. The Morgan fingerprint density at radius 1 is 1.03 bits per heavy atom. The first kappa shape index (κ1) is 24.9. The van der Waals surface area contributed by atoms with Crippen LogP contribution >= 0.6 is 0 Å². The number of thiol groups is 1. The van der Waals surface area contributed by atoms with Crippen LogP contribution in [0, 0.1) is 0 Å². The molecule has 0 unspecified atom stereocenters. The summed E-state index contributed by atoms with van der Waals surface area (Å²) in [5, 5.41) is 9.64. The highest BCUT2D eigenvalue weighted by Crippen LogP contribution is 2.53. The van der Waals surface area contributed by atoms with E-state index in [4.69, 9.17) is 0 Å². The molecule has 0 atom stereocenters. The molecule has 1 saturated carbocycles. The Morgan fingerprint density at radius 3 is 1.93 bits per heavy atom. The SMILES string of the molecule is CCCCOC(c1ccc(C2([SH](=O)=O)CCC(O)CC2)cc1)(C(F)(F)F)C(F)(F)F. The molecule has 1 aliphatic rings. The molecule has 0 aromatic heterocycles. The summed E-state index contributed by atoms with van der Waals surface area (Å²) < 4.78 is 109. The second kappa shape index (κ2) is 9.04. The fourth-order valence-electron chi connectivity index (χ4n) is 3.78. The Balaban J connectivity index is 2.54. The largest absolute Gasteiger partial charge is 0.430 e. The molecule has 2 rings (SSSR count). The zero-order valence-electron chi connectivity index (χ0n) is 16.2. The van der Waals surface area contributed by atoms with Crippen molar-refractivity contribution < 1.29 is 44.6 Å². The topological polar surface area (TPSA) is 63.6 Å². The molecule has 1 aromatic rings. The summed E-state index contributed by atoms with van der Waals surface area (Å²) in [6, 6.07) is 3.23. The van der Waals surface area contributed by atoms with Crippen molar-refractivity contribution in [2.45, 2.75) is 74.3 Å². The molecule has 1 fully saturated rings. The maximum absolute atomic E-state index is 13.7. The molecule has 1 aliphatic carbocycles. The van der Waals surface area contributed by atoms with Gasteiger partial charge in [0.05, 0.1) is 10.9 Å². The molecular weight excluding hydrogens is 438 g/mol. The highest BCUT2D eigenvalue weighted by molar-refractivity contribution is 7.73. The first-order valence-electron chi connectivity index (χ1n) is 9.53. The van der Waals surface area contributed by atoms with Gasteiger partial charge in [0.1, 0.15) is 10.7 Å². The standard InChI is InChI=1S/C19H24F6O4S/c1-2-3-12-29-17(18(20,21)22,19(23,24)25)14-6-4-13(5-7-14)16(30(27)28)10-8-15(26)9-11-16/h4-7,15,26,30H,2-3,8-12H2,1H3. The lowest BCUT2D eigenvalue weighted by Gasteiger charge is -2.38. The average molecular weight is 462 g/mol. The maximum Gasteiger partial charge on any atom is 0.430 e. The summed E-state index contributed by atoms with van der Waals surface area (Å²) in [4.78, 5) is 0. The third kappa shape index (κ3) is 4.47. The van der Waals surface area contributed by atoms with Crippen LogP contribution in [0.3, 0.4) is 0 Å². The van der Waals surface area contributed by atoms with Gasteiger partial charge in [-0.15, -0.1) is 0 Å². The van der Waals surface area contributed by atoms with Gasteiger partial charge in [0, 0.05) is 12.2 Å². The Labute approximate surface area is 172 Å². The van der Waals surface area contributed by atoms with E-state index < -0.39 is 51.7 Å². The van der Waals surface area contributed by atoms with Crippen molar-refractivity contribution in [3.63, 3.8) is 0 Å². The van der Waals surface area contributed by atoms with Crippen LogP contribution in [0.2, 0.25) is 0 Å². The van der Waals surface area contributed by atoms with Gasteiger partial charge in [-0.05, 0) is 37.7 Å². The van der Waals surface area contributed by atoms with Crippen LogP contribution < -0.4 is 0 Å². The van der Waals surface area contributed by atoms with E-state index in [1.807, 2.05) is 0 Å². The van der Waals surface area contributed by atoms with Crippen LogP contribution in [0.4, 0.5) is 26.3 Å². The highest BCUT2D eigenvalue weighted by atomic mass is 32.2. The van der Waals surface area contributed by atoms with Gasteiger partial charge in [0.15, 0.2) is 0 Å². The van der Waals surface area contributed by atoms with Crippen LogP contribution in [0.15, 0.2) is 24.3 Å². The molecule has 1 N–H and O–H groups in total. The zero-order chi connectivity index (χ0) is 22.8. The molecule has 1 aromatic carbocycles. The first-order valence-corrected chi connectivity index (χ1v) is 10.7. The summed E-state index contributed by atoms with van der Waals surface area (Å²) in [7, 11) is -3.08. The van der Waals surface area contributed by atoms with Gasteiger partial charge in [-0.1, -0.05) is 37.6 Å². The Kier molecular flexibility index (Phi) is 7.51. The van der Waals surface area contributed by atoms with Crippen molar-refractivity contribution in [2.24, 2.45) is 0 Å². The van der Waals surface area contributed by atoms with Crippen molar-refractivity contribution in [1.29, 1.82) is 0 Å². The third-order valence-electron chi connectivity index (χ3n) is 5.58. The lowest BCUT2D eigenvalue weighted by atomic mass is 9.80. The van der Waals surface area contributed by atoms with Crippen LogP contribution in [-0.2, 0) is 25.8 Å². The minimum Gasteiger partial charge on any atom is -0.393 e. The number of hydrogen-bond acceptors (Lipinski definition) is 4. The fraction of sp³-hybridized carbons (Fsp3) is 0.684. The maximum atomic E-state index is 13.7. The van der Waals surface area contributed by atoms with Crippen LogP contribution in [0.25, 0.3) is 0 Å². The Morgan fingerprint density at radius 2 is 1.53 bits per heavy atom. The van der Waals surface area contributed by atoms with E-state index >= 15 is 0 Å². The Hall–Kier alpha value is -1.33. The van der Waals surface area contributed by atoms with Crippen molar-refractivity contribution >= 4 is 10.7 Å². The van der Waals surface area contributed by atoms with E-state index in [1.54, 1.807) is 6.92 Å². The van der Waals surface area contributed by atoms with Gasteiger partial charge in [-0.3, -0.25) is 0 Å². The first-order chi connectivity index (χ1) is 13.8. The summed E-state index contributed by atoms with van der Waals surface area (Å²) >= 11 is 0. The fourth-order valence-corrected chi connectivity index (χ4v) is 4.76. The molecule has 4 nitrogen and oxygen atoms in total. The lowest BCUT2D eigenvalue weighted by molar-refractivity contribution is -0.389. The minimum atomic E-state index is -5.78. The number of alkyl halides is 6. The van der Waals surface area contributed by atoms with Crippen molar-refractivity contribution in [1.82, 2.24) is 0 Å². The third-order valence-corrected chi connectivity index (χ3v) is 6.98. The molecule has 0 bridgehead atoms. The second-order valence-electron chi connectivity index (χ2n) is 7.48. The molecule has 0 saturated heterocycles. The van der Waals surface area contributed by atoms with Crippen LogP contribution in [-0.4, -0.2) is 38.6 Å². The monoisotopic (exact) mass is 462 g/mol. The molecule has 30 heavy (non-hydrogen) atoms. The number of aliphatic hydroxyl groups is 1. The molecule has 0 amide bonds. The van der Waals surface area contributed by atoms with E-state index in [2.05, 4.69) is 4.74 Å². The number of hydrogen-bond donors (Lipinski definition) is 2. The van der Waals surface area contributed by atoms with Crippen molar-refractivity contribution in [3.8, 4) is 0 Å². The lowest BCUT2D eigenvalue weighted by Crippen LogP contribution is -2.56. The van der Waals surface area contributed by atoms with Crippen molar-refractivity contribution in [2.75, 3.05) is 6.61 Å². The van der Waals surface area contributed by atoms with E-state index in [-0.39, 0.29) is 37.7 Å². The molecule has 0 aliphatic heterocycles. The number of rotatable bonds is 7. The van der Waals surface area contributed by atoms with E-state index in [1.165, 1.54) is 0 Å². The molecule has 0 heterocycles. The smallest absolute Gasteiger partial charge is 0.393 e. The van der Waals surface area contributed by atoms with Gasteiger partial charge in [-0.2, -0.15) is 26.3 Å². The van der Waals surface area contributed by atoms with Gasteiger partial charge >= 0.3 is 12.4 Å². The number of unbranched alkanes of at least 4 members (excludes halogenated alkanes) is 1. The number of benzene rings is 1. The summed E-state index contributed by atoms with van der Waals surface area (Å²) in [5.74, 6) is 0. The minimum absolute atomic E-state index is 0.00802. The summed E-state index contributed by atoms with van der Waals surface area (Å²) in [6.07, 6.45) is -11.5. The predicted octanol–water partition coefficient (Wildman–Crippen LogP) is 4.56. The quantitative estimate of drug-likeness (QED) is 0.354. The highest BCUT2D eigenvalue weighted by Gasteiger charge is 2.73. The van der Waals surface area contributed by atoms with Gasteiger partial charge in [0.25, 0.3) is 5.60 Å². The number of halogens is 6. The Bertz CT molecular complexity index is 756. The van der Waals surface area contributed by atoms with Crippen LogP contribution in [0.5, 0.6) is 0 Å². The van der Waals surface area contributed by atoms with E-state index in [9.17, 15) is 39.9 Å². The predicted molar refractivity (Wildman–Crippen MR) is 97.6 cm³/mol. The number of ether oxygens (including phenoxy) is 1. The molecular formula is C19H24F6O4S. The second-order valence-corrected chi connectivity index (χ2v) is 8.85.